The van der Waals surface area contributed by atoms with Gasteiger partial charge in [-0.2, -0.15) is 0 Å². The summed E-state index contributed by atoms with van der Waals surface area (Å²) in [5, 5.41) is 4.78. The van der Waals surface area contributed by atoms with Gasteiger partial charge in [-0.25, -0.2) is 0 Å². The van der Waals surface area contributed by atoms with E-state index in [1.807, 2.05) is 12.1 Å². The summed E-state index contributed by atoms with van der Waals surface area (Å²) in [5.74, 6) is 1.10. The zero-order chi connectivity index (χ0) is 14.5. The average molecular weight is 279 g/mol. The van der Waals surface area contributed by atoms with Crippen molar-refractivity contribution < 1.29 is 4.42 Å². The summed E-state index contributed by atoms with van der Waals surface area (Å²) in [7, 11) is 0. The van der Waals surface area contributed by atoms with Crippen LogP contribution in [0.2, 0.25) is 0 Å². The van der Waals surface area contributed by atoms with Crippen LogP contribution in [0.1, 0.15) is 23.8 Å². The molecule has 0 saturated heterocycles. The van der Waals surface area contributed by atoms with Crippen LogP contribution in [-0.2, 0) is 19.4 Å². The molecule has 0 saturated carbocycles. The van der Waals surface area contributed by atoms with Gasteiger partial charge in [-0.15, -0.1) is 0 Å². The van der Waals surface area contributed by atoms with Gasteiger partial charge in [0.15, 0.2) is 0 Å². The van der Waals surface area contributed by atoms with E-state index in [4.69, 9.17) is 4.42 Å². The van der Waals surface area contributed by atoms with Gasteiger partial charge in [-0.05, 0) is 24.6 Å². The van der Waals surface area contributed by atoms with Crippen LogP contribution in [0.3, 0.4) is 0 Å². The molecule has 21 heavy (non-hydrogen) atoms. The van der Waals surface area contributed by atoms with E-state index in [1.54, 1.807) is 0 Å². The number of nitrogens with one attached hydrogen (secondary N) is 1. The van der Waals surface area contributed by atoms with E-state index >= 15 is 0 Å². The molecule has 1 aromatic heterocycles. The fourth-order valence-corrected chi connectivity index (χ4v) is 2.72. The van der Waals surface area contributed by atoms with Crippen molar-refractivity contribution in [3.05, 3.63) is 71.5 Å². The highest BCUT2D eigenvalue weighted by Gasteiger charge is 2.11. The molecular formula is C19H21NO. The van der Waals surface area contributed by atoms with Gasteiger partial charge in [0.05, 0.1) is 0 Å². The second-order valence-corrected chi connectivity index (χ2v) is 5.27. The maximum absolute atomic E-state index is 5.92. The molecular weight excluding hydrogens is 258 g/mol. The number of fused-ring (bicyclic) bond motifs is 1. The van der Waals surface area contributed by atoms with Crippen molar-refractivity contribution in [2.45, 2.75) is 26.3 Å². The molecule has 1 N–H and O–H groups in total. The summed E-state index contributed by atoms with van der Waals surface area (Å²) >= 11 is 0. The third kappa shape index (κ3) is 3.17. The number of hydrogen-bond donors (Lipinski definition) is 1. The van der Waals surface area contributed by atoms with Gasteiger partial charge in [-0.3, -0.25) is 0 Å². The maximum Gasteiger partial charge on any atom is 0.134 e. The van der Waals surface area contributed by atoms with E-state index < -0.39 is 0 Å². The molecule has 3 rings (SSSR count). The van der Waals surface area contributed by atoms with Crippen LogP contribution in [-0.4, -0.2) is 6.54 Å². The third-order valence-electron chi connectivity index (χ3n) is 3.84. The lowest BCUT2D eigenvalue weighted by Crippen LogP contribution is -2.17. The van der Waals surface area contributed by atoms with Crippen LogP contribution in [0, 0.1) is 0 Å². The van der Waals surface area contributed by atoms with E-state index in [1.165, 1.54) is 16.5 Å². The third-order valence-corrected chi connectivity index (χ3v) is 3.84. The zero-order valence-corrected chi connectivity index (χ0v) is 12.4. The highest BCUT2D eigenvalue weighted by Crippen LogP contribution is 2.26. The smallest absolute Gasteiger partial charge is 0.134 e. The number of benzene rings is 2. The monoisotopic (exact) mass is 279 g/mol. The van der Waals surface area contributed by atoms with Gasteiger partial charge in [0.25, 0.3) is 0 Å². The van der Waals surface area contributed by atoms with Gasteiger partial charge in [0, 0.05) is 23.9 Å². The molecule has 1 heterocycles. The SMILES string of the molecule is CCc1oc2ccccc2c1CNCCc1ccccc1. The molecule has 3 aromatic rings. The first-order valence-corrected chi connectivity index (χ1v) is 7.62. The summed E-state index contributed by atoms with van der Waals surface area (Å²) in [6, 6.07) is 18.9. The van der Waals surface area contributed by atoms with Crippen LogP contribution in [0.25, 0.3) is 11.0 Å². The van der Waals surface area contributed by atoms with Crippen LogP contribution < -0.4 is 5.32 Å². The number of para-hydroxylation sites is 1. The summed E-state index contributed by atoms with van der Waals surface area (Å²) in [5.41, 5.74) is 3.67. The minimum Gasteiger partial charge on any atom is -0.461 e. The molecule has 0 spiro atoms. The van der Waals surface area contributed by atoms with Crippen LogP contribution in [0.5, 0.6) is 0 Å². The van der Waals surface area contributed by atoms with Crippen molar-refractivity contribution >= 4 is 11.0 Å². The first kappa shape index (κ1) is 13.9. The van der Waals surface area contributed by atoms with Crippen molar-refractivity contribution in [3.8, 4) is 0 Å². The summed E-state index contributed by atoms with van der Waals surface area (Å²) < 4.78 is 5.92. The molecule has 2 aromatic carbocycles. The Morgan fingerprint density at radius 3 is 2.52 bits per heavy atom. The number of hydrogen-bond acceptors (Lipinski definition) is 2. The molecule has 0 aliphatic rings. The number of furan rings is 1. The highest BCUT2D eigenvalue weighted by molar-refractivity contribution is 5.82. The van der Waals surface area contributed by atoms with Gasteiger partial charge in [-0.1, -0.05) is 55.5 Å². The van der Waals surface area contributed by atoms with Gasteiger partial charge >= 0.3 is 0 Å². The van der Waals surface area contributed by atoms with E-state index in [0.717, 1.165) is 37.3 Å². The predicted octanol–water partition coefficient (Wildman–Crippen LogP) is 4.33. The number of aryl methyl sites for hydroxylation is 1. The van der Waals surface area contributed by atoms with Crippen LogP contribution >= 0.6 is 0 Å². The van der Waals surface area contributed by atoms with Crippen molar-refractivity contribution in [2.75, 3.05) is 6.54 Å². The standard InChI is InChI=1S/C19H21NO/c1-2-18-17(16-10-6-7-11-19(16)21-18)14-20-13-12-15-8-4-3-5-9-15/h3-11,20H,2,12-14H2,1H3. The Hall–Kier alpha value is -2.06. The summed E-state index contributed by atoms with van der Waals surface area (Å²) in [6.07, 6.45) is 1.99. The second-order valence-electron chi connectivity index (χ2n) is 5.27. The van der Waals surface area contributed by atoms with Gasteiger partial charge < -0.3 is 9.73 Å². The Labute approximate surface area is 125 Å². The molecule has 2 heteroatoms. The van der Waals surface area contributed by atoms with Gasteiger partial charge in [0.2, 0.25) is 0 Å². The Bertz CT molecular complexity index is 700. The zero-order valence-electron chi connectivity index (χ0n) is 12.4. The molecule has 0 amide bonds. The predicted molar refractivity (Wildman–Crippen MR) is 87.4 cm³/mol. The molecule has 0 aliphatic carbocycles. The Balaban J connectivity index is 1.65. The summed E-state index contributed by atoms with van der Waals surface area (Å²) in [4.78, 5) is 0. The molecule has 0 aliphatic heterocycles. The van der Waals surface area contributed by atoms with Crippen molar-refractivity contribution in [2.24, 2.45) is 0 Å². The molecule has 0 bridgehead atoms. The molecule has 0 unspecified atom stereocenters. The second kappa shape index (κ2) is 6.59. The fraction of sp³-hybridized carbons (Fsp3) is 0.263. The number of rotatable bonds is 6. The Morgan fingerprint density at radius 1 is 0.952 bits per heavy atom. The topological polar surface area (TPSA) is 25.2 Å². The quantitative estimate of drug-likeness (QED) is 0.679. The lowest BCUT2D eigenvalue weighted by atomic mass is 10.1. The van der Waals surface area contributed by atoms with Crippen molar-refractivity contribution in [3.63, 3.8) is 0 Å². The van der Waals surface area contributed by atoms with E-state index in [9.17, 15) is 0 Å². The lowest BCUT2D eigenvalue weighted by Gasteiger charge is -2.05. The molecule has 2 nitrogen and oxygen atoms in total. The van der Waals surface area contributed by atoms with Crippen molar-refractivity contribution in [1.29, 1.82) is 0 Å². The molecule has 0 atom stereocenters. The fourth-order valence-electron chi connectivity index (χ4n) is 2.72. The largest absolute Gasteiger partial charge is 0.461 e. The van der Waals surface area contributed by atoms with Crippen LogP contribution in [0.4, 0.5) is 0 Å². The van der Waals surface area contributed by atoms with E-state index in [2.05, 4.69) is 54.7 Å². The van der Waals surface area contributed by atoms with Crippen molar-refractivity contribution in [1.82, 2.24) is 5.32 Å². The summed E-state index contributed by atoms with van der Waals surface area (Å²) in [6.45, 7) is 3.99. The Morgan fingerprint density at radius 2 is 1.71 bits per heavy atom. The minimum absolute atomic E-state index is 0.868. The normalized spacial score (nSPS) is 11.1. The van der Waals surface area contributed by atoms with E-state index in [0.29, 0.717) is 0 Å². The highest BCUT2D eigenvalue weighted by atomic mass is 16.3. The molecule has 0 fully saturated rings. The minimum atomic E-state index is 0.868. The lowest BCUT2D eigenvalue weighted by molar-refractivity contribution is 0.544. The maximum atomic E-state index is 5.92. The first-order valence-electron chi connectivity index (χ1n) is 7.62. The average Bonchev–Trinajstić information content (AvgIpc) is 2.90. The van der Waals surface area contributed by atoms with Gasteiger partial charge in [0.1, 0.15) is 11.3 Å². The first-order chi connectivity index (χ1) is 10.4. The molecule has 108 valence electrons. The molecule has 0 radical (unpaired) electrons. The van der Waals surface area contributed by atoms with Crippen LogP contribution in [0.15, 0.2) is 59.0 Å². The Kier molecular flexibility index (Phi) is 4.37. The van der Waals surface area contributed by atoms with E-state index in [-0.39, 0.29) is 0 Å².